The van der Waals surface area contributed by atoms with E-state index in [4.69, 9.17) is 0 Å². The maximum Gasteiger partial charge on any atom is 0.253 e. The van der Waals surface area contributed by atoms with Crippen molar-refractivity contribution in [1.82, 2.24) is 5.32 Å². The van der Waals surface area contributed by atoms with Crippen LogP contribution in [-0.2, 0) is 6.42 Å². The normalized spacial score (nSPS) is 24.3. The average Bonchev–Trinajstić information content (AvgIpc) is 2.24. The second-order valence-electron chi connectivity index (χ2n) is 4.24. The van der Waals surface area contributed by atoms with Gasteiger partial charge in [-0.05, 0) is 24.1 Å². The van der Waals surface area contributed by atoms with Crippen molar-refractivity contribution in [1.29, 1.82) is 0 Å². The van der Waals surface area contributed by atoms with E-state index < -0.39 is 11.8 Å². The summed E-state index contributed by atoms with van der Waals surface area (Å²) in [5.74, 6) is -3.11. The number of alkyl halides is 2. The Labute approximate surface area is 102 Å². The Morgan fingerprint density at radius 3 is 2.62 bits per heavy atom. The highest BCUT2D eigenvalue weighted by Gasteiger charge is 2.41. The summed E-state index contributed by atoms with van der Waals surface area (Å²) in [6, 6.07) is 7.58. The minimum Gasteiger partial charge on any atom is -0.316 e. The van der Waals surface area contributed by atoms with E-state index >= 15 is 0 Å². The van der Waals surface area contributed by atoms with Gasteiger partial charge in [0.25, 0.3) is 5.92 Å². The Hall–Kier alpha value is -0.480. The molecule has 1 unspecified atom stereocenters. The van der Waals surface area contributed by atoms with Gasteiger partial charge in [0.05, 0.1) is 0 Å². The first-order valence-electron chi connectivity index (χ1n) is 5.41. The summed E-state index contributed by atoms with van der Waals surface area (Å²) in [6.07, 6.45) is 0.390. The fourth-order valence-electron chi connectivity index (χ4n) is 2.01. The third-order valence-corrected chi connectivity index (χ3v) is 3.55. The summed E-state index contributed by atoms with van der Waals surface area (Å²) in [4.78, 5) is 0. The highest BCUT2D eigenvalue weighted by Crippen LogP contribution is 2.32. The molecule has 1 N–H and O–H groups in total. The zero-order valence-corrected chi connectivity index (χ0v) is 10.4. The predicted octanol–water partition coefficient (Wildman–Crippen LogP) is 3.24. The summed E-state index contributed by atoms with van der Waals surface area (Å²) >= 11 is 3.33. The minimum atomic E-state index is -2.53. The fourth-order valence-corrected chi connectivity index (χ4v) is 2.28. The highest BCUT2D eigenvalue weighted by molar-refractivity contribution is 9.10. The van der Waals surface area contributed by atoms with Crippen LogP contribution in [0.2, 0.25) is 0 Å². The first kappa shape index (κ1) is 12.0. The number of rotatable bonds is 2. The highest BCUT2D eigenvalue weighted by atomic mass is 79.9. The van der Waals surface area contributed by atoms with Gasteiger partial charge in [0.2, 0.25) is 0 Å². The van der Waals surface area contributed by atoms with Crippen molar-refractivity contribution in [2.75, 3.05) is 13.1 Å². The van der Waals surface area contributed by atoms with Crippen LogP contribution in [0.5, 0.6) is 0 Å². The molecule has 1 atom stereocenters. The van der Waals surface area contributed by atoms with Crippen LogP contribution < -0.4 is 5.32 Å². The van der Waals surface area contributed by atoms with Crippen molar-refractivity contribution in [3.63, 3.8) is 0 Å². The lowest BCUT2D eigenvalue weighted by molar-refractivity contribution is -0.0776. The lowest BCUT2D eigenvalue weighted by Gasteiger charge is -2.32. The maximum absolute atomic E-state index is 13.6. The molecule has 1 fully saturated rings. The predicted molar refractivity (Wildman–Crippen MR) is 63.8 cm³/mol. The first-order valence-corrected chi connectivity index (χ1v) is 6.20. The van der Waals surface area contributed by atoms with E-state index in [1.165, 1.54) is 0 Å². The fraction of sp³-hybridized carbons (Fsp3) is 0.500. The molecule has 0 saturated carbocycles. The standard InChI is InChI=1S/C12H14BrF2N/c13-11-3-1-9(2-4-11)7-10-8-16-6-5-12(10,14)15/h1-4,10,16H,5-8H2. The van der Waals surface area contributed by atoms with E-state index in [-0.39, 0.29) is 6.42 Å². The Kier molecular flexibility index (Phi) is 3.60. The molecule has 16 heavy (non-hydrogen) atoms. The van der Waals surface area contributed by atoms with Crippen molar-refractivity contribution in [2.24, 2.45) is 5.92 Å². The van der Waals surface area contributed by atoms with Gasteiger partial charge in [0.1, 0.15) is 0 Å². The van der Waals surface area contributed by atoms with Crippen LogP contribution in [0.4, 0.5) is 8.78 Å². The van der Waals surface area contributed by atoms with Crippen LogP contribution in [0.3, 0.4) is 0 Å². The Morgan fingerprint density at radius 2 is 2.00 bits per heavy atom. The second kappa shape index (κ2) is 4.80. The van der Waals surface area contributed by atoms with Gasteiger partial charge >= 0.3 is 0 Å². The van der Waals surface area contributed by atoms with Gasteiger partial charge in [-0.1, -0.05) is 28.1 Å². The minimum absolute atomic E-state index is 0.0474. The van der Waals surface area contributed by atoms with Gasteiger partial charge in [0, 0.05) is 29.9 Å². The van der Waals surface area contributed by atoms with Crippen LogP contribution >= 0.6 is 15.9 Å². The zero-order chi connectivity index (χ0) is 11.6. The molecule has 0 aliphatic carbocycles. The third-order valence-electron chi connectivity index (χ3n) is 3.02. The van der Waals surface area contributed by atoms with Crippen LogP contribution in [0.15, 0.2) is 28.7 Å². The molecule has 1 saturated heterocycles. The van der Waals surface area contributed by atoms with Crippen molar-refractivity contribution in [3.05, 3.63) is 34.3 Å². The molecule has 0 spiro atoms. The number of benzene rings is 1. The van der Waals surface area contributed by atoms with Crippen molar-refractivity contribution in [2.45, 2.75) is 18.8 Å². The van der Waals surface area contributed by atoms with Crippen molar-refractivity contribution in [3.8, 4) is 0 Å². The molecule has 2 rings (SSSR count). The second-order valence-corrected chi connectivity index (χ2v) is 5.16. The van der Waals surface area contributed by atoms with Crippen molar-refractivity contribution >= 4 is 15.9 Å². The monoisotopic (exact) mass is 289 g/mol. The van der Waals surface area contributed by atoms with E-state index in [2.05, 4.69) is 21.2 Å². The lowest BCUT2D eigenvalue weighted by atomic mass is 9.89. The summed E-state index contributed by atoms with van der Waals surface area (Å²) in [5.41, 5.74) is 0.969. The number of hydrogen-bond acceptors (Lipinski definition) is 1. The SMILES string of the molecule is FC1(F)CCNCC1Cc1ccc(Br)cc1. The van der Waals surface area contributed by atoms with Crippen LogP contribution in [0.1, 0.15) is 12.0 Å². The molecule has 1 aromatic carbocycles. The quantitative estimate of drug-likeness (QED) is 0.881. The van der Waals surface area contributed by atoms with Gasteiger partial charge in [-0.25, -0.2) is 8.78 Å². The van der Waals surface area contributed by atoms with Gasteiger partial charge in [0.15, 0.2) is 0 Å². The Balaban J connectivity index is 2.05. The largest absolute Gasteiger partial charge is 0.316 e. The summed E-state index contributed by atoms with van der Waals surface area (Å²) in [6.45, 7) is 0.826. The van der Waals surface area contributed by atoms with Crippen molar-refractivity contribution < 1.29 is 8.78 Å². The van der Waals surface area contributed by atoms with Gasteiger partial charge in [-0.3, -0.25) is 0 Å². The third kappa shape index (κ3) is 2.80. The summed E-state index contributed by atoms with van der Waals surface area (Å²) < 4.78 is 28.1. The smallest absolute Gasteiger partial charge is 0.253 e. The molecule has 88 valence electrons. The van der Waals surface area contributed by atoms with E-state index in [1.807, 2.05) is 24.3 Å². The molecule has 1 nitrogen and oxygen atoms in total. The molecule has 0 amide bonds. The number of piperidine rings is 1. The van der Waals surface area contributed by atoms with E-state index in [0.29, 0.717) is 19.5 Å². The molecule has 4 heteroatoms. The first-order chi connectivity index (χ1) is 7.58. The van der Waals surface area contributed by atoms with E-state index in [1.54, 1.807) is 0 Å². The molecule has 0 aromatic heterocycles. The molecular weight excluding hydrogens is 276 g/mol. The maximum atomic E-state index is 13.6. The summed E-state index contributed by atoms with van der Waals surface area (Å²) in [5, 5.41) is 3.03. The number of halogens is 3. The van der Waals surface area contributed by atoms with Gasteiger partial charge in [-0.15, -0.1) is 0 Å². The molecule has 1 aromatic rings. The topological polar surface area (TPSA) is 12.0 Å². The molecular formula is C12H14BrF2N. The molecule has 0 bridgehead atoms. The number of nitrogens with one attached hydrogen (secondary N) is 1. The van der Waals surface area contributed by atoms with Crippen LogP contribution in [0, 0.1) is 5.92 Å². The molecule has 0 radical (unpaired) electrons. The Morgan fingerprint density at radius 1 is 1.31 bits per heavy atom. The van der Waals surface area contributed by atoms with Crippen LogP contribution in [0.25, 0.3) is 0 Å². The van der Waals surface area contributed by atoms with E-state index in [9.17, 15) is 8.78 Å². The Bertz CT molecular complexity index is 351. The van der Waals surface area contributed by atoms with E-state index in [0.717, 1.165) is 10.0 Å². The van der Waals surface area contributed by atoms with Crippen LogP contribution in [-0.4, -0.2) is 19.0 Å². The lowest BCUT2D eigenvalue weighted by Crippen LogP contribution is -2.45. The molecule has 1 aliphatic rings. The average molecular weight is 290 g/mol. The molecule has 1 aliphatic heterocycles. The van der Waals surface area contributed by atoms with Gasteiger partial charge < -0.3 is 5.32 Å². The zero-order valence-electron chi connectivity index (χ0n) is 8.85. The number of hydrogen-bond donors (Lipinski definition) is 1. The summed E-state index contributed by atoms with van der Waals surface area (Å²) in [7, 11) is 0. The molecule has 1 heterocycles. The van der Waals surface area contributed by atoms with Gasteiger partial charge in [-0.2, -0.15) is 0 Å².